The van der Waals surface area contributed by atoms with Crippen molar-refractivity contribution in [3.05, 3.63) is 84.1 Å². The fourth-order valence-corrected chi connectivity index (χ4v) is 4.10. The lowest BCUT2D eigenvalue weighted by Crippen LogP contribution is -2.24. The van der Waals surface area contributed by atoms with Gasteiger partial charge in [0.2, 0.25) is 5.88 Å². The Morgan fingerprint density at radius 2 is 1.97 bits per heavy atom. The van der Waals surface area contributed by atoms with Crippen molar-refractivity contribution in [2.45, 2.75) is 25.7 Å². The average molecular weight is 499 g/mol. The summed E-state index contributed by atoms with van der Waals surface area (Å²) in [7, 11) is 1.86. The number of amides is 1. The van der Waals surface area contributed by atoms with Crippen molar-refractivity contribution >= 4 is 22.7 Å². The maximum Gasteiger partial charge on any atom is 0.251 e. The summed E-state index contributed by atoms with van der Waals surface area (Å²) < 4.78 is 21.3. The number of ether oxygens (including phenoxy) is 1. The number of fused-ring (bicyclic) bond motifs is 1. The van der Waals surface area contributed by atoms with Gasteiger partial charge in [0, 0.05) is 55.7 Å². The van der Waals surface area contributed by atoms with Gasteiger partial charge in [0.15, 0.2) is 0 Å². The van der Waals surface area contributed by atoms with Gasteiger partial charge in [-0.25, -0.2) is 14.4 Å². The molecule has 2 aromatic heterocycles. The molecule has 0 unspecified atom stereocenters. The van der Waals surface area contributed by atoms with E-state index in [2.05, 4.69) is 20.4 Å². The molecule has 0 spiro atoms. The molecule has 1 N–H and O–H groups in total. The van der Waals surface area contributed by atoms with Crippen LogP contribution in [0.3, 0.4) is 0 Å². The van der Waals surface area contributed by atoms with Gasteiger partial charge in [-0.05, 0) is 60.9 Å². The molecule has 1 amide bonds. The topological polar surface area (TPSA) is 94.3 Å². The number of aliphatic imine (C=N–C) groups is 1. The van der Waals surface area contributed by atoms with Crippen molar-refractivity contribution in [2.24, 2.45) is 12.0 Å². The van der Waals surface area contributed by atoms with Crippen LogP contribution >= 0.6 is 0 Å². The Hall–Kier alpha value is -4.40. The fourth-order valence-electron chi connectivity index (χ4n) is 4.10. The molecule has 0 atom stereocenters. The van der Waals surface area contributed by atoms with Crippen molar-refractivity contribution < 1.29 is 13.9 Å². The van der Waals surface area contributed by atoms with Gasteiger partial charge < -0.3 is 10.1 Å². The first kappa shape index (κ1) is 24.3. The number of benzene rings is 2. The quantitative estimate of drug-likeness (QED) is 0.321. The minimum absolute atomic E-state index is 0.171. The van der Waals surface area contributed by atoms with Crippen LogP contribution in [0.2, 0.25) is 0 Å². The highest BCUT2D eigenvalue weighted by Gasteiger charge is 2.15. The van der Waals surface area contributed by atoms with Crippen LogP contribution in [0.4, 0.5) is 4.39 Å². The minimum atomic E-state index is -0.341. The summed E-state index contributed by atoms with van der Waals surface area (Å²) in [6.07, 6.45) is 10.8. The lowest BCUT2D eigenvalue weighted by molar-refractivity contribution is 0.0953. The largest absolute Gasteiger partial charge is 0.476 e. The maximum atomic E-state index is 13.6. The highest BCUT2D eigenvalue weighted by atomic mass is 19.1. The van der Waals surface area contributed by atoms with E-state index in [0.29, 0.717) is 53.3 Å². The van der Waals surface area contributed by atoms with Gasteiger partial charge in [-0.15, -0.1) is 0 Å². The predicted molar refractivity (Wildman–Crippen MR) is 140 cm³/mol. The number of hydrogen-bond donors (Lipinski definition) is 1. The van der Waals surface area contributed by atoms with Gasteiger partial charge in [0.05, 0.1) is 23.8 Å². The van der Waals surface area contributed by atoms with E-state index in [0.717, 1.165) is 30.5 Å². The molecule has 188 valence electrons. The fraction of sp³-hybridized carbons (Fsp3) is 0.250. The number of carbonyl (C=O) groups excluding carboxylic acids is 1. The van der Waals surface area contributed by atoms with Crippen LogP contribution in [0.15, 0.2) is 72.1 Å². The summed E-state index contributed by atoms with van der Waals surface area (Å²) in [5, 5.41) is 7.14. The Kier molecular flexibility index (Phi) is 7.30. The van der Waals surface area contributed by atoms with E-state index < -0.39 is 0 Å². The molecule has 1 aliphatic heterocycles. The molecule has 8 nitrogen and oxygen atoms in total. The summed E-state index contributed by atoms with van der Waals surface area (Å²) >= 11 is 0. The van der Waals surface area contributed by atoms with E-state index in [9.17, 15) is 9.18 Å². The Balaban J connectivity index is 1.34. The molecule has 0 radical (unpaired) electrons. The van der Waals surface area contributed by atoms with Crippen LogP contribution in [0.5, 0.6) is 5.88 Å². The number of rotatable bonds is 10. The smallest absolute Gasteiger partial charge is 0.251 e. The van der Waals surface area contributed by atoms with E-state index in [-0.39, 0.29) is 11.7 Å². The second-order valence-corrected chi connectivity index (χ2v) is 8.85. The zero-order chi connectivity index (χ0) is 25.6. The van der Waals surface area contributed by atoms with E-state index in [4.69, 9.17) is 9.72 Å². The molecule has 3 heterocycles. The predicted octanol–water partition coefficient (Wildman–Crippen LogP) is 4.66. The van der Waals surface area contributed by atoms with Crippen LogP contribution < -0.4 is 10.1 Å². The number of aryl methyl sites for hydroxylation is 1. The molecule has 1 aliphatic rings. The second-order valence-electron chi connectivity index (χ2n) is 8.85. The van der Waals surface area contributed by atoms with Crippen LogP contribution in [0.1, 0.15) is 35.2 Å². The van der Waals surface area contributed by atoms with Crippen LogP contribution in [-0.4, -0.2) is 44.5 Å². The zero-order valence-electron chi connectivity index (χ0n) is 20.5. The number of halogens is 1. The molecule has 5 rings (SSSR count). The summed E-state index contributed by atoms with van der Waals surface area (Å²) in [6.45, 7) is 0.940. The van der Waals surface area contributed by atoms with Crippen molar-refractivity contribution in [2.75, 3.05) is 13.2 Å². The number of nitrogens with one attached hydrogen (secondary N) is 1. The summed E-state index contributed by atoms with van der Waals surface area (Å²) in [5.74, 6) is -0.161. The minimum Gasteiger partial charge on any atom is -0.476 e. The van der Waals surface area contributed by atoms with Gasteiger partial charge in [-0.1, -0.05) is 6.08 Å². The molecule has 9 heteroatoms. The Morgan fingerprint density at radius 1 is 1.11 bits per heavy atom. The molecular weight excluding hydrogens is 471 g/mol. The summed E-state index contributed by atoms with van der Waals surface area (Å²) in [5.41, 5.74) is 5.00. The second kappa shape index (κ2) is 11.1. The molecule has 0 fully saturated rings. The Morgan fingerprint density at radius 3 is 2.73 bits per heavy atom. The highest BCUT2D eigenvalue weighted by molar-refractivity contribution is 5.97. The lowest BCUT2D eigenvalue weighted by atomic mass is 10.1. The van der Waals surface area contributed by atoms with Gasteiger partial charge in [0.25, 0.3) is 5.91 Å². The molecule has 4 aromatic rings. The number of aromatic nitrogens is 4. The van der Waals surface area contributed by atoms with E-state index >= 15 is 0 Å². The van der Waals surface area contributed by atoms with Gasteiger partial charge in [-0.2, -0.15) is 5.10 Å². The van der Waals surface area contributed by atoms with Gasteiger partial charge in [0.1, 0.15) is 11.5 Å². The zero-order valence-corrected chi connectivity index (χ0v) is 20.5. The first-order valence-corrected chi connectivity index (χ1v) is 12.2. The Bertz CT molecular complexity index is 1480. The van der Waals surface area contributed by atoms with Crippen molar-refractivity contribution in [3.63, 3.8) is 0 Å². The number of carbonyl (C=O) groups is 1. The van der Waals surface area contributed by atoms with E-state index in [1.165, 1.54) is 12.1 Å². The van der Waals surface area contributed by atoms with Gasteiger partial charge in [-0.3, -0.25) is 14.5 Å². The molecule has 2 aromatic carbocycles. The SMILES string of the molecule is Cn1cc(CCOc2nc3ccc(C(=O)NCCCC4=NC=CC4)cc3nc2-c2ccc(F)cc2)cn1. The maximum absolute atomic E-state index is 13.6. The number of nitrogens with zero attached hydrogens (tertiary/aromatic N) is 5. The third-order valence-electron chi connectivity index (χ3n) is 6.04. The van der Waals surface area contributed by atoms with Crippen molar-refractivity contribution in [1.82, 2.24) is 25.1 Å². The van der Waals surface area contributed by atoms with Crippen LogP contribution in [-0.2, 0) is 13.5 Å². The molecule has 0 saturated carbocycles. The standard InChI is InChI=1S/C28H27FN6O2/c1-35-18-19(17-32-35)12-15-37-28-26(20-6-9-22(29)10-7-20)33-25-16-21(8-11-24(25)34-28)27(36)31-14-3-5-23-4-2-13-30-23/h2,6-11,13,16-18H,3-5,12,14-15H2,1H3,(H,31,36). The highest BCUT2D eigenvalue weighted by Crippen LogP contribution is 2.29. The third-order valence-corrected chi connectivity index (χ3v) is 6.04. The molecular formula is C28H27FN6O2. The Labute approximate surface area is 213 Å². The molecule has 0 aliphatic carbocycles. The average Bonchev–Trinajstić information content (AvgIpc) is 3.58. The van der Waals surface area contributed by atoms with Crippen molar-refractivity contribution in [1.29, 1.82) is 0 Å². The summed E-state index contributed by atoms with van der Waals surface area (Å²) in [4.78, 5) is 26.5. The summed E-state index contributed by atoms with van der Waals surface area (Å²) in [6, 6.07) is 11.2. The monoisotopic (exact) mass is 498 g/mol. The molecule has 0 bridgehead atoms. The van der Waals surface area contributed by atoms with Crippen LogP contribution in [0.25, 0.3) is 22.3 Å². The third kappa shape index (κ3) is 6.06. The first-order chi connectivity index (χ1) is 18.0. The number of hydrogen-bond acceptors (Lipinski definition) is 6. The van der Waals surface area contributed by atoms with Gasteiger partial charge >= 0.3 is 0 Å². The van der Waals surface area contributed by atoms with E-state index in [1.54, 1.807) is 41.2 Å². The van der Waals surface area contributed by atoms with E-state index in [1.807, 2.05) is 25.5 Å². The van der Waals surface area contributed by atoms with Crippen LogP contribution in [0, 0.1) is 5.82 Å². The molecule has 0 saturated heterocycles. The first-order valence-electron chi connectivity index (χ1n) is 12.2. The molecule has 37 heavy (non-hydrogen) atoms. The lowest BCUT2D eigenvalue weighted by Gasteiger charge is -2.12. The van der Waals surface area contributed by atoms with Crippen molar-refractivity contribution in [3.8, 4) is 17.1 Å². The number of allylic oxidation sites excluding steroid dienone is 1. The normalized spacial score (nSPS) is 12.6.